The highest BCUT2D eigenvalue weighted by molar-refractivity contribution is 6.07. The van der Waals surface area contributed by atoms with E-state index in [1.807, 2.05) is 37.3 Å². The Balaban J connectivity index is 2.22. The van der Waals surface area contributed by atoms with Crippen LogP contribution in [0.4, 0.5) is 0 Å². The van der Waals surface area contributed by atoms with Crippen LogP contribution in [0.15, 0.2) is 53.1 Å². The largest absolute Gasteiger partial charge is 0.463 e. The van der Waals surface area contributed by atoms with Gasteiger partial charge in [0.25, 0.3) is 5.91 Å². The van der Waals surface area contributed by atoms with E-state index in [0.717, 1.165) is 10.9 Å². The molecule has 4 nitrogen and oxygen atoms in total. The van der Waals surface area contributed by atoms with Crippen LogP contribution in [0.1, 0.15) is 17.3 Å². The summed E-state index contributed by atoms with van der Waals surface area (Å²) in [6.45, 7) is 2.49. The number of carbonyl (C=O) groups excluding carboxylic acids is 1. The SMILES string of the molecule is CCNC(=O)c1cc(-c2ccco2)nc2ccccc12. The molecule has 0 saturated heterocycles. The fourth-order valence-electron chi connectivity index (χ4n) is 2.17. The Morgan fingerprint density at radius 2 is 2.10 bits per heavy atom. The minimum absolute atomic E-state index is 0.0982. The first kappa shape index (κ1) is 12.4. The third-order valence-electron chi connectivity index (χ3n) is 3.07. The van der Waals surface area contributed by atoms with Crippen LogP contribution in [0.25, 0.3) is 22.4 Å². The fraction of sp³-hybridized carbons (Fsp3) is 0.125. The Kier molecular flexibility index (Phi) is 3.21. The molecule has 0 radical (unpaired) electrons. The van der Waals surface area contributed by atoms with Gasteiger partial charge in [-0.3, -0.25) is 4.79 Å². The maximum atomic E-state index is 12.2. The van der Waals surface area contributed by atoms with Gasteiger partial charge >= 0.3 is 0 Å². The fourth-order valence-corrected chi connectivity index (χ4v) is 2.17. The van der Waals surface area contributed by atoms with E-state index in [-0.39, 0.29) is 5.91 Å². The van der Waals surface area contributed by atoms with Crippen molar-refractivity contribution in [2.24, 2.45) is 0 Å². The van der Waals surface area contributed by atoms with Crippen molar-refractivity contribution in [2.45, 2.75) is 6.92 Å². The van der Waals surface area contributed by atoms with Gasteiger partial charge < -0.3 is 9.73 Å². The van der Waals surface area contributed by atoms with Gasteiger partial charge in [0.2, 0.25) is 0 Å². The molecule has 0 atom stereocenters. The number of carbonyl (C=O) groups is 1. The number of nitrogens with one attached hydrogen (secondary N) is 1. The Morgan fingerprint density at radius 3 is 2.85 bits per heavy atom. The molecule has 1 N–H and O–H groups in total. The van der Waals surface area contributed by atoms with Crippen LogP contribution >= 0.6 is 0 Å². The molecular formula is C16H14N2O2. The van der Waals surface area contributed by atoms with E-state index in [2.05, 4.69) is 10.3 Å². The third-order valence-corrected chi connectivity index (χ3v) is 3.07. The van der Waals surface area contributed by atoms with E-state index in [9.17, 15) is 4.79 Å². The summed E-state index contributed by atoms with van der Waals surface area (Å²) in [5.74, 6) is 0.556. The highest BCUT2D eigenvalue weighted by Gasteiger charge is 2.14. The molecule has 3 aromatic rings. The summed E-state index contributed by atoms with van der Waals surface area (Å²) >= 11 is 0. The monoisotopic (exact) mass is 266 g/mol. The maximum absolute atomic E-state index is 12.2. The molecule has 0 fully saturated rings. The average Bonchev–Trinajstić information content (AvgIpc) is 3.00. The zero-order valence-electron chi connectivity index (χ0n) is 11.1. The maximum Gasteiger partial charge on any atom is 0.252 e. The van der Waals surface area contributed by atoms with Crippen molar-refractivity contribution < 1.29 is 9.21 Å². The molecule has 0 saturated carbocycles. The van der Waals surface area contributed by atoms with Crippen molar-refractivity contribution in [3.8, 4) is 11.5 Å². The standard InChI is InChI=1S/C16H14N2O2/c1-2-17-16(19)12-10-14(15-8-5-9-20-15)18-13-7-4-3-6-11(12)13/h3-10H,2H2,1H3,(H,17,19). The van der Waals surface area contributed by atoms with Crippen LogP contribution in [-0.2, 0) is 0 Å². The predicted octanol–water partition coefficient (Wildman–Crippen LogP) is 3.24. The van der Waals surface area contributed by atoms with Gasteiger partial charge in [0.15, 0.2) is 5.76 Å². The lowest BCUT2D eigenvalue weighted by atomic mass is 10.1. The number of pyridine rings is 1. The number of aromatic nitrogens is 1. The molecule has 2 heterocycles. The van der Waals surface area contributed by atoms with Gasteiger partial charge in [-0.1, -0.05) is 18.2 Å². The number of hydrogen-bond donors (Lipinski definition) is 1. The summed E-state index contributed by atoms with van der Waals surface area (Å²) in [6, 6.07) is 13.0. The number of nitrogens with zero attached hydrogens (tertiary/aromatic N) is 1. The zero-order chi connectivity index (χ0) is 13.9. The lowest BCUT2D eigenvalue weighted by Gasteiger charge is -2.08. The number of benzene rings is 1. The third kappa shape index (κ3) is 2.16. The molecule has 0 aliphatic heterocycles. The Bertz CT molecular complexity index is 748. The first-order valence-electron chi connectivity index (χ1n) is 6.51. The van der Waals surface area contributed by atoms with Gasteiger partial charge in [0.05, 0.1) is 17.3 Å². The molecule has 1 aromatic carbocycles. The van der Waals surface area contributed by atoms with Crippen LogP contribution in [0.3, 0.4) is 0 Å². The molecule has 0 spiro atoms. The number of rotatable bonds is 3. The second-order valence-electron chi connectivity index (χ2n) is 4.41. The van der Waals surface area contributed by atoms with E-state index in [0.29, 0.717) is 23.6 Å². The van der Waals surface area contributed by atoms with Gasteiger partial charge in [0.1, 0.15) is 5.69 Å². The molecule has 1 amide bonds. The predicted molar refractivity (Wildman–Crippen MR) is 77.5 cm³/mol. The van der Waals surface area contributed by atoms with Gasteiger partial charge in [-0.2, -0.15) is 0 Å². The lowest BCUT2D eigenvalue weighted by molar-refractivity contribution is 0.0957. The lowest BCUT2D eigenvalue weighted by Crippen LogP contribution is -2.23. The normalized spacial score (nSPS) is 10.7. The van der Waals surface area contributed by atoms with Crippen LogP contribution in [0, 0.1) is 0 Å². The van der Waals surface area contributed by atoms with Gasteiger partial charge in [-0.05, 0) is 31.2 Å². The van der Waals surface area contributed by atoms with Crippen molar-refractivity contribution in [1.82, 2.24) is 10.3 Å². The van der Waals surface area contributed by atoms with E-state index in [1.165, 1.54) is 0 Å². The van der Waals surface area contributed by atoms with Crippen LogP contribution in [0.2, 0.25) is 0 Å². The molecule has 100 valence electrons. The van der Waals surface area contributed by atoms with Crippen molar-refractivity contribution >= 4 is 16.8 Å². The Hall–Kier alpha value is -2.62. The van der Waals surface area contributed by atoms with Gasteiger partial charge in [0, 0.05) is 11.9 Å². The Morgan fingerprint density at radius 1 is 1.25 bits per heavy atom. The van der Waals surface area contributed by atoms with E-state index >= 15 is 0 Å². The number of amides is 1. The van der Waals surface area contributed by atoms with Crippen molar-refractivity contribution in [3.05, 3.63) is 54.3 Å². The molecule has 0 aliphatic carbocycles. The van der Waals surface area contributed by atoms with Crippen LogP contribution in [-0.4, -0.2) is 17.4 Å². The molecule has 3 rings (SSSR count). The van der Waals surface area contributed by atoms with Gasteiger partial charge in [-0.15, -0.1) is 0 Å². The molecule has 4 heteroatoms. The Labute approximate surface area is 116 Å². The zero-order valence-corrected chi connectivity index (χ0v) is 11.1. The summed E-state index contributed by atoms with van der Waals surface area (Å²) in [4.78, 5) is 16.8. The van der Waals surface area contributed by atoms with Crippen molar-refractivity contribution in [2.75, 3.05) is 6.54 Å². The quantitative estimate of drug-likeness (QED) is 0.791. The minimum Gasteiger partial charge on any atom is -0.463 e. The summed E-state index contributed by atoms with van der Waals surface area (Å²) < 4.78 is 5.37. The second kappa shape index (κ2) is 5.17. The van der Waals surface area contributed by atoms with Crippen LogP contribution in [0.5, 0.6) is 0 Å². The second-order valence-corrected chi connectivity index (χ2v) is 4.41. The minimum atomic E-state index is -0.0982. The summed E-state index contributed by atoms with van der Waals surface area (Å²) in [5, 5.41) is 3.67. The summed E-state index contributed by atoms with van der Waals surface area (Å²) in [6.07, 6.45) is 1.60. The molecule has 0 aliphatic rings. The van der Waals surface area contributed by atoms with E-state index in [4.69, 9.17) is 4.42 Å². The highest BCUT2D eigenvalue weighted by atomic mass is 16.3. The smallest absolute Gasteiger partial charge is 0.252 e. The molecule has 20 heavy (non-hydrogen) atoms. The summed E-state index contributed by atoms with van der Waals surface area (Å²) in [5.41, 5.74) is 2.06. The van der Waals surface area contributed by atoms with Gasteiger partial charge in [-0.25, -0.2) is 4.98 Å². The number of hydrogen-bond acceptors (Lipinski definition) is 3. The first-order valence-corrected chi connectivity index (χ1v) is 6.51. The topological polar surface area (TPSA) is 55.1 Å². The van der Waals surface area contributed by atoms with Crippen molar-refractivity contribution in [3.63, 3.8) is 0 Å². The average molecular weight is 266 g/mol. The first-order chi connectivity index (χ1) is 9.79. The van der Waals surface area contributed by atoms with E-state index < -0.39 is 0 Å². The van der Waals surface area contributed by atoms with E-state index in [1.54, 1.807) is 18.4 Å². The molecule has 2 aromatic heterocycles. The summed E-state index contributed by atoms with van der Waals surface area (Å²) in [7, 11) is 0. The van der Waals surface area contributed by atoms with Crippen LogP contribution < -0.4 is 5.32 Å². The number of furan rings is 1. The number of fused-ring (bicyclic) bond motifs is 1. The molecular weight excluding hydrogens is 252 g/mol. The van der Waals surface area contributed by atoms with Crippen molar-refractivity contribution in [1.29, 1.82) is 0 Å². The highest BCUT2D eigenvalue weighted by Crippen LogP contribution is 2.25. The number of para-hydroxylation sites is 1. The molecule has 0 unspecified atom stereocenters. The molecule has 0 bridgehead atoms.